The number of benzene rings is 3. The molecule has 0 unspecified atom stereocenters. The van der Waals surface area contributed by atoms with E-state index in [2.05, 4.69) is 10.3 Å². The van der Waals surface area contributed by atoms with E-state index in [1.165, 1.54) is 64.7 Å². The molecule has 8 nitrogen and oxygen atoms in total. The number of nitrogens with zero attached hydrogens (tertiary/aromatic N) is 2. The number of esters is 1. The van der Waals surface area contributed by atoms with Crippen LogP contribution in [0.3, 0.4) is 0 Å². The zero-order valence-corrected chi connectivity index (χ0v) is 23.2. The van der Waals surface area contributed by atoms with E-state index in [4.69, 9.17) is 23.9 Å². The molecule has 0 saturated carbocycles. The Labute approximate surface area is 239 Å². The van der Waals surface area contributed by atoms with Gasteiger partial charge in [0.15, 0.2) is 11.6 Å². The van der Waals surface area contributed by atoms with Crippen LogP contribution in [0.2, 0.25) is 0 Å². The summed E-state index contributed by atoms with van der Waals surface area (Å²) in [5.41, 5.74) is 0.788. The molecule has 0 aliphatic rings. The van der Waals surface area contributed by atoms with Crippen molar-refractivity contribution in [1.82, 2.24) is 0 Å². The highest BCUT2D eigenvalue weighted by molar-refractivity contribution is 6.47. The normalized spacial score (nSPS) is 12.5. The van der Waals surface area contributed by atoms with Gasteiger partial charge in [0.05, 0.1) is 19.8 Å². The van der Waals surface area contributed by atoms with Gasteiger partial charge < -0.3 is 23.9 Å². The second kappa shape index (κ2) is 14.7. The number of halogens is 4. The largest absolute Gasteiger partial charge is 0.490 e. The van der Waals surface area contributed by atoms with Crippen molar-refractivity contribution in [3.8, 4) is 5.75 Å². The topological polar surface area (TPSA) is 87.9 Å². The average molecular weight is 589 g/mol. The van der Waals surface area contributed by atoms with E-state index in [9.17, 15) is 18.0 Å². The number of carbonyl (C=O) groups excluding carboxylic acids is 1. The number of hydrogen-bond donors (Lipinski definition) is 0. The fraction of sp³-hybridized carbons (Fsp3) is 0.233. The predicted molar refractivity (Wildman–Crippen MR) is 147 cm³/mol. The van der Waals surface area contributed by atoms with Crippen LogP contribution >= 0.6 is 0 Å². The lowest BCUT2D eigenvalue weighted by Crippen LogP contribution is -2.16. The van der Waals surface area contributed by atoms with Crippen LogP contribution in [0.4, 0.5) is 17.6 Å². The minimum Gasteiger partial charge on any atom is -0.490 e. The first kappa shape index (κ1) is 31.7. The van der Waals surface area contributed by atoms with Crippen LogP contribution < -0.4 is 4.74 Å². The predicted octanol–water partition coefficient (Wildman–Crippen LogP) is 6.53. The number of ether oxygens (including phenoxy) is 3. The van der Waals surface area contributed by atoms with Crippen LogP contribution in [-0.4, -0.2) is 38.7 Å². The molecule has 222 valence electrons. The van der Waals surface area contributed by atoms with Crippen molar-refractivity contribution in [2.24, 2.45) is 10.3 Å². The Balaban J connectivity index is 1.79. The van der Waals surface area contributed by atoms with E-state index < -0.39 is 23.5 Å². The summed E-state index contributed by atoms with van der Waals surface area (Å²) in [5, 5.41) is 7.94. The monoisotopic (exact) mass is 588 g/mol. The molecule has 0 aliphatic heterocycles. The number of methoxy groups -OCH3 is 2. The van der Waals surface area contributed by atoms with Crippen LogP contribution in [0, 0.1) is 5.82 Å². The number of oxime groups is 2. The number of alkyl halides is 3. The van der Waals surface area contributed by atoms with Crippen molar-refractivity contribution in [2.45, 2.75) is 26.3 Å². The lowest BCUT2D eigenvalue weighted by atomic mass is 10.1. The molecule has 0 radical (unpaired) electrons. The van der Waals surface area contributed by atoms with E-state index in [0.717, 1.165) is 12.1 Å². The first-order valence-electron chi connectivity index (χ1n) is 12.4. The molecular formula is C30H28F4N2O6. The van der Waals surface area contributed by atoms with Crippen LogP contribution in [0.15, 0.2) is 82.8 Å². The van der Waals surface area contributed by atoms with Gasteiger partial charge in [0, 0.05) is 5.56 Å². The summed E-state index contributed by atoms with van der Waals surface area (Å²) in [5.74, 6) is -1.68. The maximum atomic E-state index is 15.5. The molecule has 0 spiro atoms. The van der Waals surface area contributed by atoms with Crippen LogP contribution in [-0.2, 0) is 43.3 Å². The molecule has 3 rings (SSSR count). The van der Waals surface area contributed by atoms with Crippen molar-refractivity contribution in [2.75, 3.05) is 21.3 Å². The van der Waals surface area contributed by atoms with Gasteiger partial charge in [-0.15, -0.1) is 0 Å². The Kier molecular flexibility index (Phi) is 11.1. The molecule has 3 aromatic carbocycles. The van der Waals surface area contributed by atoms with E-state index in [-0.39, 0.29) is 47.3 Å². The molecule has 0 heterocycles. The lowest BCUT2D eigenvalue weighted by Gasteiger charge is -2.13. The molecule has 0 fully saturated rings. The van der Waals surface area contributed by atoms with E-state index >= 15 is 4.39 Å². The Morgan fingerprint density at radius 2 is 1.64 bits per heavy atom. The Bertz CT molecular complexity index is 1480. The van der Waals surface area contributed by atoms with Gasteiger partial charge in [0.25, 0.3) is 0 Å². The zero-order valence-electron chi connectivity index (χ0n) is 23.2. The minimum atomic E-state index is -4.51. The maximum Gasteiger partial charge on any atom is 0.416 e. The Morgan fingerprint density at radius 3 is 2.33 bits per heavy atom. The summed E-state index contributed by atoms with van der Waals surface area (Å²) < 4.78 is 69.8. The van der Waals surface area contributed by atoms with Gasteiger partial charge in [-0.25, -0.2) is 9.18 Å². The second-order valence-corrected chi connectivity index (χ2v) is 8.58. The SMILES string of the molecule is CON=C(C(C)=NOCc1ccccc1C=C(OC)C(=O)OC)c1cccc(OCc2cccc(C(F)(F)F)c2)c1F. The molecule has 0 amide bonds. The molecule has 0 N–H and O–H groups in total. The summed E-state index contributed by atoms with van der Waals surface area (Å²) in [6.45, 7) is 1.20. The van der Waals surface area contributed by atoms with E-state index in [1.807, 2.05) is 0 Å². The highest BCUT2D eigenvalue weighted by Crippen LogP contribution is 2.30. The molecule has 3 aromatic rings. The molecule has 42 heavy (non-hydrogen) atoms. The van der Waals surface area contributed by atoms with Crippen LogP contribution in [0.1, 0.15) is 34.7 Å². The van der Waals surface area contributed by atoms with Gasteiger partial charge >= 0.3 is 12.1 Å². The van der Waals surface area contributed by atoms with Crippen LogP contribution in [0.5, 0.6) is 5.75 Å². The third-order valence-corrected chi connectivity index (χ3v) is 5.76. The van der Waals surface area contributed by atoms with Gasteiger partial charge in [-0.05, 0) is 54.0 Å². The third kappa shape index (κ3) is 8.32. The van der Waals surface area contributed by atoms with E-state index in [0.29, 0.717) is 11.1 Å². The van der Waals surface area contributed by atoms with Gasteiger partial charge in [0.2, 0.25) is 5.76 Å². The molecule has 12 heteroatoms. The van der Waals surface area contributed by atoms with Crippen molar-refractivity contribution in [3.05, 3.63) is 106 Å². The molecular weight excluding hydrogens is 560 g/mol. The Morgan fingerprint density at radius 1 is 0.905 bits per heavy atom. The minimum absolute atomic E-state index is 0.0000558. The standard InChI is InChI=1S/C30H28F4N2O6/c1-19(35-42-18-22-11-6-5-10-21(22)16-26(38-2)29(37)39-3)28(36-40-4)24-13-8-14-25(27(24)31)41-17-20-9-7-12-23(15-20)30(32,33)34/h5-16H,17-18H2,1-4H3. The lowest BCUT2D eigenvalue weighted by molar-refractivity contribution is -0.139. The van der Waals surface area contributed by atoms with E-state index in [1.54, 1.807) is 24.3 Å². The quantitative estimate of drug-likeness (QED) is 0.0598. The van der Waals surface area contributed by atoms with Gasteiger partial charge in [0.1, 0.15) is 31.7 Å². The summed E-state index contributed by atoms with van der Waals surface area (Å²) in [6, 6.07) is 15.9. The van der Waals surface area contributed by atoms with Gasteiger partial charge in [-0.1, -0.05) is 52.8 Å². The number of rotatable bonds is 12. The fourth-order valence-electron chi connectivity index (χ4n) is 3.70. The molecule has 0 bridgehead atoms. The van der Waals surface area contributed by atoms with Crippen molar-refractivity contribution >= 4 is 23.5 Å². The smallest absolute Gasteiger partial charge is 0.416 e. The first-order valence-corrected chi connectivity index (χ1v) is 12.4. The average Bonchev–Trinajstić information content (AvgIpc) is 2.98. The van der Waals surface area contributed by atoms with Crippen molar-refractivity contribution < 1.29 is 46.2 Å². The highest BCUT2D eigenvalue weighted by atomic mass is 19.4. The number of hydrogen-bond acceptors (Lipinski definition) is 8. The van der Waals surface area contributed by atoms with Crippen molar-refractivity contribution in [3.63, 3.8) is 0 Å². The summed E-state index contributed by atoms with van der Waals surface area (Å²) in [6.07, 6.45) is -3.01. The molecule has 0 aromatic heterocycles. The van der Waals surface area contributed by atoms with Crippen LogP contribution in [0.25, 0.3) is 6.08 Å². The fourth-order valence-corrected chi connectivity index (χ4v) is 3.70. The number of carbonyl (C=O) groups is 1. The first-order chi connectivity index (χ1) is 20.1. The maximum absolute atomic E-state index is 15.5. The molecule has 0 saturated heterocycles. The third-order valence-electron chi connectivity index (χ3n) is 5.76. The molecule has 0 atom stereocenters. The second-order valence-electron chi connectivity index (χ2n) is 8.58. The van der Waals surface area contributed by atoms with Gasteiger partial charge in [-0.3, -0.25) is 0 Å². The summed E-state index contributed by atoms with van der Waals surface area (Å²) in [4.78, 5) is 22.3. The summed E-state index contributed by atoms with van der Waals surface area (Å²) >= 11 is 0. The van der Waals surface area contributed by atoms with Gasteiger partial charge in [-0.2, -0.15) is 13.2 Å². The Hall–Kier alpha value is -4.87. The van der Waals surface area contributed by atoms with Crippen molar-refractivity contribution in [1.29, 1.82) is 0 Å². The highest BCUT2D eigenvalue weighted by Gasteiger charge is 2.30. The zero-order chi connectivity index (χ0) is 30.7. The molecule has 0 aliphatic carbocycles. The summed E-state index contributed by atoms with van der Waals surface area (Å²) in [7, 11) is 3.86.